The lowest BCUT2D eigenvalue weighted by molar-refractivity contribution is -0.337. The topological polar surface area (TPSA) is 75.7 Å². The maximum atomic E-state index is 12.8. The summed E-state index contributed by atoms with van der Waals surface area (Å²) >= 11 is 0. The molecule has 0 aromatic rings. The highest BCUT2D eigenvalue weighted by Gasteiger charge is 2.41. The molecule has 0 amide bonds. The van der Waals surface area contributed by atoms with Crippen molar-refractivity contribution in [3.63, 3.8) is 0 Å². The van der Waals surface area contributed by atoms with E-state index in [0.29, 0.717) is 0 Å². The third-order valence-corrected chi connectivity index (χ3v) is 1.68. The Bertz CT molecular complexity index is 241. The van der Waals surface area contributed by atoms with Gasteiger partial charge in [0.25, 0.3) is 0 Å². The summed E-state index contributed by atoms with van der Waals surface area (Å²) in [7, 11) is 1.06. The molecule has 88 valence electrons. The van der Waals surface area contributed by atoms with Gasteiger partial charge in [0.05, 0.1) is 7.11 Å². The fraction of sp³-hybridized carbons (Fsp3) is 0.750. The van der Waals surface area contributed by atoms with Gasteiger partial charge in [0, 0.05) is 0 Å². The van der Waals surface area contributed by atoms with Gasteiger partial charge in [-0.25, -0.2) is 4.79 Å². The van der Waals surface area contributed by atoms with E-state index in [9.17, 15) is 23.5 Å². The lowest BCUT2D eigenvalue weighted by Crippen LogP contribution is -2.50. The summed E-state index contributed by atoms with van der Waals surface area (Å²) in [6, 6.07) is 0. The molecule has 0 heterocycles. The van der Waals surface area contributed by atoms with Gasteiger partial charge >= 0.3 is 11.9 Å². The normalized spacial score (nSPS) is 13.3. The van der Waals surface area contributed by atoms with Gasteiger partial charge in [0.15, 0.2) is 0 Å². The van der Waals surface area contributed by atoms with Crippen molar-refractivity contribution in [2.75, 3.05) is 13.7 Å². The van der Waals surface area contributed by atoms with Crippen molar-refractivity contribution in [1.82, 2.24) is 0 Å². The van der Waals surface area contributed by atoms with Crippen LogP contribution >= 0.6 is 0 Å². The number of methoxy groups -OCH3 is 1. The van der Waals surface area contributed by atoms with E-state index in [2.05, 4.69) is 9.47 Å². The SMILES string of the molecule is CCC(OCC(=O)OC)C(F)(F)C(=O)[O-]. The number of hydrogen-bond acceptors (Lipinski definition) is 5. The number of carboxylic acid groups (broad SMARTS) is 1. The van der Waals surface area contributed by atoms with E-state index in [1.807, 2.05) is 0 Å². The first-order chi connectivity index (χ1) is 6.86. The summed E-state index contributed by atoms with van der Waals surface area (Å²) in [6.45, 7) is 0.580. The molecule has 0 aromatic heterocycles. The van der Waals surface area contributed by atoms with Crippen LogP contribution in [0.5, 0.6) is 0 Å². The van der Waals surface area contributed by atoms with E-state index in [1.165, 1.54) is 6.92 Å². The predicted octanol–water partition coefficient (Wildman–Crippen LogP) is -0.660. The highest BCUT2D eigenvalue weighted by molar-refractivity contribution is 5.74. The van der Waals surface area contributed by atoms with Gasteiger partial charge < -0.3 is 19.4 Å². The van der Waals surface area contributed by atoms with Gasteiger partial charge in [-0.1, -0.05) is 6.92 Å². The lowest BCUT2D eigenvalue weighted by Gasteiger charge is -2.26. The Morgan fingerprint density at radius 1 is 1.47 bits per heavy atom. The van der Waals surface area contributed by atoms with Crippen LogP contribution in [-0.2, 0) is 19.1 Å². The van der Waals surface area contributed by atoms with Crippen LogP contribution in [0.1, 0.15) is 13.3 Å². The minimum atomic E-state index is -4.12. The van der Waals surface area contributed by atoms with Gasteiger partial charge in [-0.15, -0.1) is 0 Å². The fourth-order valence-corrected chi connectivity index (χ4v) is 0.838. The molecule has 0 rings (SSSR count). The van der Waals surface area contributed by atoms with Gasteiger partial charge in [0.2, 0.25) is 0 Å². The second kappa shape index (κ2) is 5.59. The summed E-state index contributed by atoms with van der Waals surface area (Å²) in [5, 5.41) is 10.1. The number of carbonyl (C=O) groups is 2. The minimum absolute atomic E-state index is 0.266. The van der Waals surface area contributed by atoms with Crippen molar-refractivity contribution in [3.8, 4) is 0 Å². The molecule has 0 N–H and O–H groups in total. The zero-order valence-electron chi connectivity index (χ0n) is 8.29. The van der Waals surface area contributed by atoms with Crippen LogP contribution in [0, 0.1) is 0 Å². The Kier molecular flexibility index (Phi) is 5.13. The molecule has 0 spiro atoms. The number of carboxylic acids is 1. The van der Waals surface area contributed by atoms with Gasteiger partial charge in [-0.3, -0.25) is 0 Å². The van der Waals surface area contributed by atoms with Gasteiger partial charge in [-0.05, 0) is 6.42 Å². The average Bonchev–Trinajstić information content (AvgIpc) is 2.17. The fourth-order valence-electron chi connectivity index (χ4n) is 0.838. The second-order valence-electron chi connectivity index (χ2n) is 2.69. The van der Waals surface area contributed by atoms with E-state index in [4.69, 9.17) is 0 Å². The molecule has 0 fully saturated rings. The standard InChI is InChI=1S/C8H12F2O5/c1-3-5(8(9,10)7(12)13)15-4-6(11)14-2/h5H,3-4H2,1-2H3,(H,12,13)/p-1. The van der Waals surface area contributed by atoms with E-state index in [1.54, 1.807) is 0 Å². The third kappa shape index (κ3) is 3.78. The van der Waals surface area contributed by atoms with E-state index in [0.717, 1.165) is 7.11 Å². The van der Waals surface area contributed by atoms with Crippen molar-refractivity contribution < 1.29 is 33.0 Å². The molecule has 0 bridgehead atoms. The molecule has 0 saturated carbocycles. The van der Waals surface area contributed by atoms with Crippen LogP contribution in [0.25, 0.3) is 0 Å². The Labute approximate surface area is 85.0 Å². The molecule has 7 heteroatoms. The second-order valence-corrected chi connectivity index (χ2v) is 2.69. The monoisotopic (exact) mass is 225 g/mol. The van der Waals surface area contributed by atoms with Gasteiger partial charge in [-0.2, -0.15) is 8.78 Å². The van der Waals surface area contributed by atoms with Crippen LogP contribution in [0.15, 0.2) is 0 Å². The molecular weight excluding hydrogens is 214 g/mol. The van der Waals surface area contributed by atoms with Crippen molar-refractivity contribution in [1.29, 1.82) is 0 Å². The third-order valence-electron chi connectivity index (χ3n) is 1.68. The number of esters is 1. The van der Waals surface area contributed by atoms with Crippen LogP contribution in [0.4, 0.5) is 8.78 Å². The zero-order valence-corrected chi connectivity index (χ0v) is 8.29. The molecule has 0 saturated heterocycles. The number of alkyl halides is 2. The molecule has 0 aromatic carbocycles. The number of hydrogen-bond donors (Lipinski definition) is 0. The smallest absolute Gasteiger partial charge is 0.331 e. The summed E-state index contributed by atoms with van der Waals surface area (Å²) < 4.78 is 34.2. The summed E-state index contributed by atoms with van der Waals surface area (Å²) in [5.74, 6) is -7.51. The lowest BCUT2D eigenvalue weighted by atomic mass is 10.1. The number of rotatable bonds is 6. The van der Waals surface area contributed by atoms with Crippen molar-refractivity contribution in [2.24, 2.45) is 0 Å². The summed E-state index contributed by atoms with van der Waals surface area (Å²) in [4.78, 5) is 20.7. The van der Waals surface area contributed by atoms with Crippen LogP contribution < -0.4 is 5.11 Å². The minimum Gasteiger partial charge on any atom is -0.544 e. The summed E-state index contributed by atoms with van der Waals surface area (Å²) in [5.41, 5.74) is 0. The quantitative estimate of drug-likeness (QED) is 0.561. The van der Waals surface area contributed by atoms with Crippen LogP contribution in [0.3, 0.4) is 0 Å². The molecule has 1 atom stereocenters. The van der Waals surface area contributed by atoms with E-state index in [-0.39, 0.29) is 6.42 Å². The molecule has 15 heavy (non-hydrogen) atoms. The van der Waals surface area contributed by atoms with Crippen molar-refractivity contribution in [2.45, 2.75) is 25.4 Å². The first-order valence-corrected chi connectivity index (χ1v) is 4.13. The molecule has 0 radical (unpaired) electrons. The first-order valence-electron chi connectivity index (χ1n) is 4.13. The van der Waals surface area contributed by atoms with E-state index < -0.39 is 30.6 Å². The number of halogens is 2. The largest absolute Gasteiger partial charge is 0.544 e. The molecule has 5 nitrogen and oxygen atoms in total. The van der Waals surface area contributed by atoms with Crippen molar-refractivity contribution in [3.05, 3.63) is 0 Å². The molecule has 0 aliphatic rings. The average molecular weight is 225 g/mol. The Balaban J connectivity index is 4.37. The zero-order chi connectivity index (χ0) is 12.1. The molecule has 0 aliphatic heterocycles. The number of carbonyl (C=O) groups excluding carboxylic acids is 2. The Morgan fingerprint density at radius 2 is 2.00 bits per heavy atom. The molecule has 0 aliphatic carbocycles. The van der Waals surface area contributed by atoms with E-state index >= 15 is 0 Å². The first kappa shape index (κ1) is 13.8. The Morgan fingerprint density at radius 3 is 2.33 bits per heavy atom. The van der Waals surface area contributed by atoms with Crippen LogP contribution in [0.2, 0.25) is 0 Å². The Hall–Kier alpha value is -1.24. The van der Waals surface area contributed by atoms with Crippen molar-refractivity contribution >= 4 is 11.9 Å². The maximum absolute atomic E-state index is 12.8. The van der Waals surface area contributed by atoms with Crippen LogP contribution in [-0.4, -0.2) is 37.7 Å². The predicted molar refractivity (Wildman–Crippen MR) is 42.0 cm³/mol. The molecule has 1 unspecified atom stereocenters. The maximum Gasteiger partial charge on any atom is 0.331 e. The number of ether oxygens (including phenoxy) is 2. The van der Waals surface area contributed by atoms with Gasteiger partial charge in [0.1, 0.15) is 18.7 Å². The highest BCUT2D eigenvalue weighted by atomic mass is 19.3. The highest BCUT2D eigenvalue weighted by Crippen LogP contribution is 2.23. The molecular formula is C8H11F2O5-. The number of aliphatic carboxylic acids is 1. The summed E-state index contributed by atoms with van der Waals surface area (Å²) in [6.07, 6.45) is -2.17.